The van der Waals surface area contributed by atoms with E-state index in [-0.39, 0.29) is 11.9 Å². The van der Waals surface area contributed by atoms with Crippen LogP contribution in [0.3, 0.4) is 0 Å². The third kappa shape index (κ3) is 13.6. The van der Waals surface area contributed by atoms with Crippen LogP contribution in [0.1, 0.15) is 6.92 Å². The first kappa shape index (κ1) is 14.2. The monoisotopic (exact) mass is 189 g/mol. The number of aliphatic hydroxyl groups excluding tert-OH is 1. The van der Waals surface area contributed by atoms with E-state index >= 15 is 0 Å². The minimum Gasteiger partial charge on any atom is -0.458 e. The van der Waals surface area contributed by atoms with Crippen LogP contribution in [0.5, 0.6) is 0 Å². The fraction of sp³-hybridized carbons (Fsp3) is 0.500. The molecule has 0 radical (unpaired) electrons. The van der Waals surface area contributed by atoms with Crippen molar-refractivity contribution in [3.63, 3.8) is 0 Å². The zero-order valence-electron chi connectivity index (χ0n) is 8.03. The molecule has 1 aliphatic heterocycles. The predicted octanol–water partition coefficient (Wildman–Crippen LogP) is -0.540. The van der Waals surface area contributed by atoms with Gasteiger partial charge in [-0.1, -0.05) is 0 Å². The summed E-state index contributed by atoms with van der Waals surface area (Å²) in [5, 5.41) is 9.39. The lowest BCUT2D eigenvalue weighted by atomic mass is 10.6. The van der Waals surface area contributed by atoms with Crippen LogP contribution in [0.25, 0.3) is 0 Å². The van der Waals surface area contributed by atoms with Gasteiger partial charge < -0.3 is 15.2 Å². The number of ether oxygens (including phenoxy) is 1. The quantitative estimate of drug-likeness (QED) is 0.502. The summed E-state index contributed by atoms with van der Waals surface area (Å²) in [6.07, 6.45) is 3.10. The van der Waals surface area contributed by atoms with Gasteiger partial charge in [0.1, 0.15) is 6.61 Å². The van der Waals surface area contributed by atoms with Gasteiger partial charge in [-0.05, 0) is 6.08 Å². The molecule has 1 heterocycles. The molecule has 0 unspecified atom stereocenters. The van der Waals surface area contributed by atoms with Crippen molar-refractivity contribution in [2.24, 2.45) is 0 Å². The first-order chi connectivity index (χ1) is 6.16. The van der Waals surface area contributed by atoms with Crippen molar-refractivity contribution in [1.82, 2.24) is 5.32 Å². The average Bonchev–Trinajstić information content (AvgIpc) is 2.60. The minimum atomic E-state index is -0.227. The van der Waals surface area contributed by atoms with Gasteiger partial charge in [-0.25, -0.2) is 4.79 Å². The number of carbonyl (C=O) groups is 2. The number of amides is 1. The smallest absolute Gasteiger partial charge is 0.330 e. The van der Waals surface area contributed by atoms with E-state index in [1.807, 2.05) is 0 Å². The van der Waals surface area contributed by atoms with Crippen LogP contribution in [-0.2, 0) is 14.3 Å². The lowest BCUT2D eigenvalue weighted by Gasteiger charge is -1.81. The molecule has 0 aromatic rings. The van der Waals surface area contributed by atoms with E-state index in [4.69, 9.17) is 5.11 Å². The second-order valence-electron chi connectivity index (χ2n) is 1.84. The van der Waals surface area contributed by atoms with Gasteiger partial charge in [-0.15, -0.1) is 0 Å². The molecule has 0 spiro atoms. The fourth-order valence-electron chi connectivity index (χ4n) is 0.323. The Balaban J connectivity index is 0. The lowest BCUT2D eigenvalue weighted by molar-refractivity contribution is -0.134. The highest BCUT2D eigenvalue weighted by Crippen LogP contribution is 1.89. The number of nitrogens with one attached hydrogen (secondary N) is 1. The molecule has 5 nitrogen and oxygen atoms in total. The summed E-state index contributed by atoms with van der Waals surface area (Å²) in [6, 6.07) is 0. The van der Waals surface area contributed by atoms with E-state index in [0.29, 0.717) is 6.61 Å². The van der Waals surface area contributed by atoms with Crippen molar-refractivity contribution in [3.8, 4) is 0 Å². The van der Waals surface area contributed by atoms with Crippen LogP contribution in [0.15, 0.2) is 12.2 Å². The van der Waals surface area contributed by atoms with E-state index in [0.717, 1.165) is 7.11 Å². The Morgan fingerprint density at radius 3 is 2.15 bits per heavy atom. The van der Waals surface area contributed by atoms with Crippen molar-refractivity contribution in [1.29, 1.82) is 0 Å². The summed E-state index contributed by atoms with van der Waals surface area (Å²) >= 11 is 0. The highest BCUT2D eigenvalue weighted by molar-refractivity contribution is 5.83. The van der Waals surface area contributed by atoms with E-state index in [1.165, 1.54) is 13.0 Å². The number of hydrogen-bond donors (Lipinski definition) is 2. The molecule has 76 valence electrons. The summed E-state index contributed by atoms with van der Waals surface area (Å²) < 4.78 is 4.40. The molecule has 0 saturated heterocycles. The zero-order chi connectivity index (χ0) is 10.7. The van der Waals surface area contributed by atoms with Crippen molar-refractivity contribution in [2.75, 3.05) is 20.8 Å². The molecule has 1 amide bonds. The molecular weight excluding hydrogens is 174 g/mol. The van der Waals surface area contributed by atoms with E-state index in [2.05, 4.69) is 10.1 Å². The number of esters is 1. The Labute approximate surface area is 77.4 Å². The molecule has 1 aliphatic rings. The molecule has 0 saturated carbocycles. The van der Waals surface area contributed by atoms with Gasteiger partial charge >= 0.3 is 5.97 Å². The number of aliphatic hydroxyl groups is 1. The van der Waals surface area contributed by atoms with Crippen LogP contribution < -0.4 is 5.32 Å². The van der Waals surface area contributed by atoms with Crippen LogP contribution in [-0.4, -0.2) is 37.7 Å². The first-order valence-corrected chi connectivity index (χ1v) is 3.63. The summed E-state index contributed by atoms with van der Waals surface area (Å²) in [5.74, 6) is -0.222. The van der Waals surface area contributed by atoms with Gasteiger partial charge in [0.2, 0.25) is 5.91 Å². The molecule has 0 atom stereocenters. The Kier molecular flexibility index (Phi) is 11.6. The van der Waals surface area contributed by atoms with Crippen molar-refractivity contribution < 1.29 is 19.4 Å². The topological polar surface area (TPSA) is 75.6 Å². The van der Waals surface area contributed by atoms with E-state index < -0.39 is 0 Å². The SMILES string of the molecule is CNC(C)=O.CO.O=C1C=CCO1. The van der Waals surface area contributed by atoms with Crippen molar-refractivity contribution >= 4 is 11.9 Å². The van der Waals surface area contributed by atoms with Gasteiger partial charge in [0.25, 0.3) is 0 Å². The van der Waals surface area contributed by atoms with E-state index in [9.17, 15) is 9.59 Å². The summed E-state index contributed by atoms with van der Waals surface area (Å²) in [4.78, 5) is 19.6. The van der Waals surface area contributed by atoms with E-state index in [1.54, 1.807) is 13.1 Å². The Hall–Kier alpha value is -1.36. The third-order valence-corrected chi connectivity index (χ3v) is 0.928. The third-order valence-electron chi connectivity index (χ3n) is 0.928. The van der Waals surface area contributed by atoms with Gasteiger partial charge in [0.05, 0.1) is 0 Å². The maximum Gasteiger partial charge on any atom is 0.330 e. The highest BCUT2D eigenvalue weighted by atomic mass is 16.5. The zero-order valence-corrected chi connectivity index (χ0v) is 8.03. The van der Waals surface area contributed by atoms with Crippen LogP contribution in [0.2, 0.25) is 0 Å². The lowest BCUT2D eigenvalue weighted by Crippen LogP contribution is -2.11. The van der Waals surface area contributed by atoms with Crippen molar-refractivity contribution in [2.45, 2.75) is 6.92 Å². The average molecular weight is 189 g/mol. The summed E-state index contributed by atoms with van der Waals surface area (Å²) in [5.41, 5.74) is 0. The maximum atomic E-state index is 9.93. The second-order valence-corrected chi connectivity index (χ2v) is 1.84. The normalized spacial score (nSPS) is 11.5. The molecule has 0 fully saturated rings. The van der Waals surface area contributed by atoms with Crippen LogP contribution in [0, 0.1) is 0 Å². The first-order valence-electron chi connectivity index (χ1n) is 3.63. The molecule has 0 aliphatic carbocycles. The molecule has 2 N–H and O–H groups in total. The van der Waals surface area contributed by atoms with Crippen molar-refractivity contribution in [3.05, 3.63) is 12.2 Å². The molecule has 1 rings (SSSR count). The Morgan fingerprint density at radius 1 is 1.62 bits per heavy atom. The summed E-state index contributed by atoms with van der Waals surface area (Å²) in [6.45, 7) is 1.93. The Bertz CT molecular complexity index is 177. The molecule has 0 bridgehead atoms. The molecule has 13 heavy (non-hydrogen) atoms. The number of hydrogen-bond acceptors (Lipinski definition) is 4. The van der Waals surface area contributed by atoms with Crippen LogP contribution >= 0.6 is 0 Å². The molecular formula is C8H15NO4. The largest absolute Gasteiger partial charge is 0.458 e. The minimum absolute atomic E-state index is 0.00463. The molecule has 0 aromatic heterocycles. The molecule has 0 aromatic carbocycles. The number of cyclic esters (lactones) is 1. The van der Waals surface area contributed by atoms with Gasteiger partial charge in [0, 0.05) is 27.2 Å². The van der Waals surface area contributed by atoms with Gasteiger partial charge in [-0.2, -0.15) is 0 Å². The second kappa shape index (κ2) is 10.6. The Morgan fingerprint density at radius 2 is 2.08 bits per heavy atom. The highest BCUT2D eigenvalue weighted by Gasteiger charge is 1.98. The number of rotatable bonds is 0. The van der Waals surface area contributed by atoms with Gasteiger partial charge in [-0.3, -0.25) is 4.79 Å². The van der Waals surface area contributed by atoms with Gasteiger partial charge in [0.15, 0.2) is 0 Å². The maximum absolute atomic E-state index is 9.93. The number of carbonyl (C=O) groups excluding carboxylic acids is 2. The summed E-state index contributed by atoms with van der Waals surface area (Å²) in [7, 11) is 2.60. The van der Waals surface area contributed by atoms with Crippen LogP contribution in [0.4, 0.5) is 0 Å². The predicted molar refractivity (Wildman–Crippen MR) is 48.0 cm³/mol. The molecule has 5 heteroatoms. The standard InChI is InChI=1S/C4H4O2.C3H7NO.CH4O/c5-4-2-1-3-6-4;1-3(5)4-2;1-2/h1-2H,3H2;1-2H3,(H,4,5);2H,1H3. The fourth-order valence-corrected chi connectivity index (χ4v) is 0.323.